The molecule has 18 heavy (non-hydrogen) atoms. The number of thioether (sulfide) groups is 1. The molecule has 0 spiro atoms. The van der Waals surface area contributed by atoms with E-state index in [1.54, 1.807) is 0 Å². The molecule has 1 aliphatic carbocycles. The normalized spacial score (nSPS) is 26.6. The quantitative estimate of drug-likeness (QED) is 0.707. The second-order valence-electron chi connectivity index (χ2n) is 5.78. The maximum atomic E-state index is 12.0. The smallest absolute Gasteiger partial charge is 0.137 e. The molecule has 1 aliphatic rings. The molecule has 106 valence electrons. The number of ketones is 1. The van der Waals surface area contributed by atoms with Crippen molar-refractivity contribution in [3.63, 3.8) is 0 Å². The first-order valence-corrected chi connectivity index (χ1v) is 8.69. The van der Waals surface area contributed by atoms with Gasteiger partial charge >= 0.3 is 0 Å². The Hall–Kier alpha value is -0.0200. The summed E-state index contributed by atoms with van der Waals surface area (Å²) in [5.41, 5.74) is 0. The lowest BCUT2D eigenvalue weighted by atomic mass is 9.79. The van der Waals surface area contributed by atoms with Crippen LogP contribution in [0.25, 0.3) is 0 Å². The van der Waals surface area contributed by atoms with Gasteiger partial charge in [0.2, 0.25) is 0 Å². The predicted molar refractivity (Wildman–Crippen MR) is 81.2 cm³/mol. The van der Waals surface area contributed by atoms with Crippen molar-refractivity contribution < 1.29 is 4.79 Å². The highest BCUT2D eigenvalue weighted by molar-refractivity contribution is 7.98. The van der Waals surface area contributed by atoms with E-state index < -0.39 is 0 Å². The molecular weight excluding hydrogens is 242 g/mol. The minimum absolute atomic E-state index is 0.297. The molecule has 1 saturated carbocycles. The molecule has 1 fully saturated rings. The number of hydrogen-bond acceptors (Lipinski definition) is 3. The molecule has 0 aromatic heterocycles. The van der Waals surface area contributed by atoms with Crippen LogP contribution in [0.15, 0.2) is 0 Å². The van der Waals surface area contributed by atoms with Gasteiger partial charge in [-0.2, -0.15) is 11.8 Å². The first-order chi connectivity index (χ1) is 8.58. The average Bonchev–Trinajstić information content (AvgIpc) is 2.38. The molecule has 0 heterocycles. The fourth-order valence-electron chi connectivity index (χ4n) is 2.79. The molecule has 2 nitrogen and oxygen atoms in total. The molecule has 0 N–H and O–H groups in total. The maximum absolute atomic E-state index is 12.0. The summed E-state index contributed by atoms with van der Waals surface area (Å²) in [4.78, 5) is 14.4. The summed E-state index contributed by atoms with van der Waals surface area (Å²) in [5.74, 6) is 2.79. The van der Waals surface area contributed by atoms with E-state index in [9.17, 15) is 4.79 Å². The lowest BCUT2D eigenvalue weighted by Gasteiger charge is -2.33. The largest absolute Gasteiger partial charge is 0.303 e. The molecule has 0 bridgehead atoms. The molecule has 0 radical (unpaired) electrons. The van der Waals surface area contributed by atoms with E-state index in [1.165, 1.54) is 18.6 Å². The van der Waals surface area contributed by atoms with Crippen LogP contribution in [0.1, 0.15) is 46.0 Å². The first-order valence-electron chi connectivity index (χ1n) is 7.30. The van der Waals surface area contributed by atoms with Crippen LogP contribution in [0, 0.1) is 11.8 Å². The Balaban J connectivity index is 2.41. The van der Waals surface area contributed by atoms with Crippen LogP contribution in [0.4, 0.5) is 0 Å². The third-order valence-corrected chi connectivity index (χ3v) is 5.09. The Morgan fingerprint density at radius 3 is 2.83 bits per heavy atom. The van der Waals surface area contributed by atoms with E-state index in [1.807, 2.05) is 11.8 Å². The van der Waals surface area contributed by atoms with Crippen molar-refractivity contribution in [2.45, 2.75) is 52.0 Å². The molecule has 0 saturated heterocycles. The molecule has 3 atom stereocenters. The van der Waals surface area contributed by atoms with Crippen molar-refractivity contribution in [1.29, 1.82) is 0 Å². The van der Waals surface area contributed by atoms with E-state index in [2.05, 4.69) is 32.1 Å². The number of Topliss-reactive ketones (excluding diaryl/α,β-unsaturated/α-hetero) is 1. The van der Waals surface area contributed by atoms with Crippen molar-refractivity contribution in [1.82, 2.24) is 4.90 Å². The Morgan fingerprint density at radius 2 is 2.22 bits per heavy atom. The van der Waals surface area contributed by atoms with Crippen molar-refractivity contribution in [2.24, 2.45) is 11.8 Å². The average molecular weight is 271 g/mol. The number of carbonyl (C=O) groups is 1. The lowest BCUT2D eigenvalue weighted by Crippen LogP contribution is -2.39. The van der Waals surface area contributed by atoms with E-state index in [0.29, 0.717) is 17.7 Å². The predicted octanol–water partition coefficient (Wildman–Crippen LogP) is 3.46. The minimum Gasteiger partial charge on any atom is -0.303 e. The van der Waals surface area contributed by atoms with Gasteiger partial charge in [0.15, 0.2) is 0 Å². The number of rotatable bonds is 7. The van der Waals surface area contributed by atoms with Crippen molar-refractivity contribution in [3.05, 3.63) is 0 Å². The van der Waals surface area contributed by atoms with Gasteiger partial charge < -0.3 is 4.90 Å². The summed E-state index contributed by atoms with van der Waals surface area (Å²) in [5, 5.41) is 0. The summed E-state index contributed by atoms with van der Waals surface area (Å²) < 4.78 is 0. The van der Waals surface area contributed by atoms with Crippen LogP contribution < -0.4 is 0 Å². The van der Waals surface area contributed by atoms with Crippen LogP contribution in [0.2, 0.25) is 0 Å². The van der Waals surface area contributed by atoms with Gasteiger partial charge in [0.1, 0.15) is 5.78 Å². The highest BCUT2D eigenvalue weighted by Crippen LogP contribution is 2.29. The van der Waals surface area contributed by atoms with Crippen LogP contribution >= 0.6 is 11.8 Å². The fourth-order valence-corrected chi connectivity index (χ4v) is 3.36. The summed E-state index contributed by atoms with van der Waals surface area (Å²) in [6, 6.07) is 0.590. The summed E-state index contributed by atoms with van der Waals surface area (Å²) in [7, 11) is 2.17. The van der Waals surface area contributed by atoms with Crippen LogP contribution in [-0.4, -0.2) is 42.3 Å². The number of carbonyl (C=O) groups excluding carboxylic acids is 1. The molecule has 3 unspecified atom stereocenters. The van der Waals surface area contributed by atoms with Crippen LogP contribution in [-0.2, 0) is 4.79 Å². The molecule has 0 amide bonds. The SMILES string of the molecule is CCC1CCC(=O)C(CN(C)C(C)CCSC)C1. The Bertz CT molecular complexity index is 257. The summed E-state index contributed by atoms with van der Waals surface area (Å²) >= 11 is 1.90. The third-order valence-electron chi connectivity index (χ3n) is 4.45. The minimum atomic E-state index is 0.297. The summed E-state index contributed by atoms with van der Waals surface area (Å²) in [6.45, 7) is 5.49. The molecular formula is C15H29NOS. The Labute approximate surface area is 117 Å². The van der Waals surface area contributed by atoms with Crippen LogP contribution in [0.3, 0.4) is 0 Å². The van der Waals surface area contributed by atoms with E-state index in [0.717, 1.165) is 31.7 Å². The van der Waals surface area contributed by atoms with Gasteiger partial charge in [-0.1, -0.05) is 13.3 Å². The monoisotopic (exact) mass is 271 g/mol. The van der Waals surface area contributed by atoms with Gasteiger partial charge in [0, 0.05) is 24.9 Å². The maximum Gasteiger partial charge on any atom is 0.137 e. The second kappa shape index (κ2) is 8.21. The van der Waals surface area contributed by atoms with Gasteiger partial charge in [-0.05, 0) is 51.2 Å². The second-order valence-corrected chi connectivity index (χ2v) is 6.77. The van der Waals surface area contributed by atoms with E-state index in [4.69, 9.17) is 0 Å². The highest BCUT2D eigenvalue weighted by Gasteiger charge is 2.29. The lowest BCUT2D eigenvalue weighted by molar-refractivity contribution is -0.126. The van der Waals surface area contributed by atoms with Gasteiger partial charge in [-0.3, -0.25) is 4.79 Å². The van der Waals surface area contributed by atoms with Gasteiger partial charge in [-0.15, -0.1) is 0 Å². The molecule has 3 heteroatoms. The Morgan fingerprint density at radius 1 is 1.50 bits per heavy atom. The van der Waals surface area contributed by atoms with Crippen LogP contribution in [0.5, 0.6) is 0 Å². The third kappa shape index (κ3) is 4.93. The summed E-state index contributed by atoms with van der Waals surface area (Å²) in [6.07, 6.45) is 7.66. The zero-order valence-electron chi connectivity index (χ0n) is 12.4. The van der Waals surface area contributed by atoms with Gasteiger partial charge in [-0.25, -0.2) is 0 Å². The topological polar surface area (TPSA) is 20.3 Å². The van der Waals surface area contributed by atoms with E-state index >= 15 is 0 Å². The van der Waals surface area contributed by atoms with Gasteiger partial charge in [0.25, 0.3) is 0 Å². The standard InChI is InChI=1S/C15H29NOS/c1-5-13-6-7-15(17)14(10-13)11-16(3)12(2)8-9-18-4/h12-14H,5-11H2,1-4H3. The zero-order chi connectivity index (χ0) is 13.5. The number of nitrogens with zero attached hydrogens (tertiary/aromatic N) is 1. The first kappa shape index (κ1) is 16.0. The van der Waals surface area contributed by atoms with E-state index in [-0.39, 0.29) is 0 Å². The van der Waals surface area contributed by atoms with Crippen molar-refractivity contribution >= 4 is 17.5 Å². The highest BCUT2D eigenvalue weighted by atomic mass is 32.2. The fraction of sp³-hybridized carbons (Fsp3) is 0.933. The Kier molecular flexibility index (Phi) is 7.31. The zero-order valence-corrected chi connectivity index (χ0v) is 13.3. The van der Waals surface area contributed by atoms with Gasteiger partial charge in [0.05, 0.1) is 0 Å². The molecule has 0 aromatic rings. The van der Waals surface area contributed by atoms with Crippen molar-refractivity contribution in [3.8, 4) is 0 Å². The number of hydrogen-bond donors (Lipinski definition) is 0. The molecule has 0 aromatic carbocycles. The van der Waals surface area contributed by atoms with Crippen molar-refractivity contribution in [2.75, 3.05) is 25.6 Å². The molecule has 0 aliphatic heterocycles. The molecule has 1 rings (SSSR count).